The van der Waals surface area contributed by atoms with Gasteiger partial charge in [0.1, 0.15) is 18.0 Å². The fourth-order valence-corrected chi connectivity index (χ4v) is 4.18. The van der Waals surface area contributed by atoms with Gasteiger partial charge in [-0.2, -0.15) is 5.10 Å². The van der Waals surface area contributed by atoms with Crippen molar-refractivity contribution in [1.82, 2.24) is 24.7 Å². The Morgan fingerprint density at radius 2 is 1.50 bits per heavy atom. The predicted molar refractivity (Wildman–Crippen MR) is 120 cm³/mol. The zero-order valence-electron chi connectivity index (χ0n) is 17.6. The minimum absolute atomic E-state index is 0.902. The Balaban J connectivity index is 1.46. The molecule has 1 aromatic carbocycles. The molecule has 0 unspecified atom stereocenters. The number of hydrogen-bond acceptors (Lipinski definition) is 6. The van der Waals surface area contributed by atoms with Crippen molar-refractivity contribution in [1.29, 1.82) is 0 Å². The molecule has 0 saturated carbocycles. The second-order valence-corrected chi connectivity index (χ2v) is 7.82. The maximum atomic E-state index is 5.05. The van der Waals surface area contributed by atoms with E-state index in [0.29, 0.717) is 0 Å². The van der Waals surface area contributed by atoms with Crippen molar-refractivity contribution < 1.29 is 0 Å². The molecular formula is C23H25N7. The van der Waals surface area contributed by atoms with Gasteiger partial charge in [-0.25, -0.2) is 19.6 Å². The third kappa shape index (κ3) is 3.26. The number of anilines is 2. The average molecular weight is 400 g/mol. The maximum absolute atomic E-state index is 5.05. The normalized spacial score (nSPS) is 14.5. The molecule has 1 aliphatic heterocycles. The first-order chi connectivity index (χ1) is 14.6. The van der Waals surface area contributed by atoms with E-state index in [1.165, 1.54) is 5.56 Å². The van der Waals surface area contributed by atoms with E-state index in [2.05, 4.69) is 51.8 Å². The van der Waals surface area contributed by atoms with Gasteiger partial charge >= 0.3 is 0 Å². The maximum Gasteiger partial charge on any atom is 0.165 e. The molecule has 1 aliphatic rings. The van der Waals surface area contributed by atoms with Crippen LogP contribution in [0.5, 0.6) is 0 Å². The minimum Gasteiger partial charge on any atom is -0.353 e. The van der Waals surface area contributed by atoms with Crippen LogP contribution < -0.4 is 9.80 Å². The number of aryl methyl sites for hydroxylation is 3. The molecule has 7 nitrogen and oxygen atoms in total. The van der Waals surface area contributed by atoms with E-state index < -0.39 is 0 Å². The Morgan fingerprint density at radius 1 is 0.800 bits per heavy atom. The molecule has 0 atom stereocenters. The smallest absolute Gasteiger partial charge is 0.165 e. The van der Waals surface area contributed by atoms with Gasteiger partial charge in [0.2, 0.25) is 0 Å². The largest absolute Gasteiger partial charge is 0.353 e. The van der Waals surface area contributed by atoms with Crippen molar-refractivity contribution in [2.75, 3.05) is 36.0 Å². The third-order valence-electron chi connectivity index (χ3n) is 5.71. The molecule has 0 spiro atoms. The highest BCUT2D eigenvalue weighted by Gasteiger charge is 2.22. The number of aromatic nitrogens is 5. The zero-order chi connectivity index (χ0) is 20.7. The summed E-state index contributed by atoms with van der Waals surface area (Å²) in [7, 11) is 0. The Bertz CT molecular complexity index is 1190. The van der Waals surface area contributed by atoms with Gasteiger partial charge in [-0.3, -0.25) is 0 Å². The lowest BCUT2D eigenvalue weighted by Gasteiger charge is -2.36. The molecular weight excluding hydrogens is 374 g/mol. The molecule has 30 heavy (non-hydrogen) atoms. The molecule has 5 rings (SSSR count). The summed E-state index contributed by atoms with van der Waals surface area (Å²) in [5.41, 5.74) is 5.17. The average Bonchev–Trinajstić information content (AvgIpc) is 3.11. The fourth-order valence-electron chi connectivity index (χ4n) is 4.18. The van der Waals surface area contributed by atoms with Crippen LogP contribution in [0.15, 0.2) is 48.8 Å². The lowest BCUT2D eigenvalue weighted by atomic mass is 10.1. The summed E-state index contributed by atoms with van der Waals surface area (Å²) in [4.78, 5) is 18.4. The first-order valence-corrected chi connectivity index (χ1v) is 10.3. The molecule has 1 fully saturated rings. The van der Waals surface area contributed by atoms with E-state index in [9.17, 15) is 0 Å². The number of benzene rings is 1. The number of para-hydroxylation sites is 1. The second-order valence-electron chi connectivity index (χ2n) is 7.82. The van der Waals surface area contributed by atoms with Crippen molar-refractivity contribution in [3.05, 3.63) is 65.7 Å². The van der Waals surface area contributed by atoms with Gasteiger partial charge in [0, 0.05) is 43.3 Å². The summed E-state index contributed by atoms with van der Waals surface area (Å²) in [6.07, 6.45) is 1.64. The lowest BCUT2D eigenvalue weighted by Crippen LogP contribution is -2.47. The van der Waals surface area contributed by atoms with Crippen molar-refractivity contribution in [2.45, 2.75) is 20.8 Å². The summed E-state index contributed by atoms with van der Waals surface area (Å²) in [5.74, 6) is 2.01. The SMILES string of the molecule is Cc1cc(N2CCN(c3cc(C)c4c(C)nn(-c5ccccc5)c4n3)CC2)ncn1. The first-order valence-electron chi connectivity index (χ1n) is 10.3. The van der Waals surface area contributed by atoms with E-state index >= 15 is 0 Å². The van der Waals surface area contributed by atoms with E-state index in [0.717, 1.165) is 65.9 Å². The Hall–Kier alpha value is -3.48. The standard InChI is InChI=1S/C23H25N7/c1-16-13-21(29-11-9-28(10-12-29)20-14-17(2)24-15-25-20)26-23-22(16)18(3)27-30(23)19-7-5-4-6-8-19/h4-8,13-15H,9-12H2,1-3H3. The van der Waals surface area contributed by atoms with Gasteiger partial charge in [-0.05, 0) is 44.5 Å². The third-order valence-corrected chi connectivity index (χ3v) is 5.71. The summed E-state index contributed by atoms with van der Waals surface area (Å²) in [6, 6.07) is 14.5. The summed E-state index contributed by atoms with van der Waals surface area (Å²) >= 11 is 0. The van der Waals surface area contributed by atoms with E-state index in [1.54, 1.807) is 6.33 Å². The van der Waals surface area contributed by atoms with Gasteiger partial charge < -0.3 is 9.80 Å². The van der Waals surface area contributed by atoms with Crippen LogP contribution in [0.2, 0.25) is 0 Å². The molecule has 0 aliphatic carbocycles. The highest BCUT2D eigenvalue weighted by Crippen LogP contribution is 2.28. The fraction of sp³-hybridized carbons (Fsp3) is 0.304. The van der Waals surface area contributed by atoms with Crippen LogP contribution in [-0.2, 0) is 0 Å². The Labute approximate surface area is 176 Å². The molecule has 7 heteroatoms. The van der Waals surface area contributed by atoms with Crippen LogP contribution in [0, 0.1) is 20.8 Å². The van der Waals surface area contributed by atoms with E-state index in [1.807, 2.05) is 35.9 Å². The van der Waals surface area contributed by atoms with Crippen molar-refractivity contribution in [3.8, 4) is 5.69 Å². The van der Waals surface area contributed by atoms with Crippen molar-refractivity contribution in [2.24, 2.45) is 0 Å². The summed E-state index contributed by atoms with van der Waals surface area (Å²) in [6.45, 7) is 9.83. The Morgan fingerprint density at radius 3 is 2.20 bits per heavy atom. The molecule has 0 bridgehead atoms. The minimum atomic E-state index is 0.902. The van der Waals surface area contributed by atoms with Crippen LogP contribution >= 0.6 is 0 Å². The topological polar surface area (TPSA) is 63.0 Å². The molecule has 0 N–H and O–H groups in total. The molecule has 3 aromatic heterocycles. The van der Waals surface area contributed by atoms with Gasteiger partial charge in [0.05, 0.1) is 11.4 Å². The Kier molecular flexibility index (Phi) is 4.58. The van der Waals surface area contributed by atoms with E-state index in [-0.39, 0.29) is 0 Å². The zero-order valence-corrected chi connectivity index (χ0v) is 17.6. The molecule has 1 saturated heterocycles. The molecule has 0 amide bonds. The van der Waals surface area contributed by atoms with Crippen molar-refractivity contribution in [3.63, 3.8) is 0 Å². The quantitative estimate of drug-likeness (QED) is 0.526. The first kappa shape index (κ1) is 18.5. The lowest BCUT2D eigenvalue weighted by molar-refractivity contribution is 0.641. The van der Waals surface area contributed by atoms with E-state index in [4.69, 9.17) is 10.1 Å². The molecule has 4 heterocycles. The predicted octanol–water partition coefficient (Wildman–Crippen LogP) is 3.46. The van der Waals surface area contributed by atoms with Crippen LogP contribution in [-0.4, -0.2) is 50.9 Å². The summed E-state index contributed by atoms with van der Waals surface area (Å²) < 4.78 is 1.96. The highest BCUT2D eigenvalue weighted by molar-refractivity contribution is 5.85. The van der Waals surface area contributed by atoms with Crippen LogP contribution in [0.25, 0.3) is 16.7 Å². The number of fused-ring (bicyclic) bond motifs is 1. The van der Waals surface area contributed by atoms with Gasteiger partial charge in [-0.15, -0.1) is 0 Å². The number of hydrogen-bond donors (Lipinski definition) is 0. The summed E-state index contributed by atoms with van der Waals surface area (Å²) in [5, 5.41) is 5.92. The molecule has 4 aromatic rings. The number of nitrogens with zero attached hydrogens (tertiary/aromatic N) is 7. The van der Waals surface area contributed by atoms with Crippen molar-refractivity contribution >= 4 is 22.7 Å². The monoisotopic (exact) mass is 399 g/mol. The highest BCUT2D eigenvalue weighted by atomic mass is 15.3. The van der Waals surface area contributed by atoms with Crippen LogP contribution in [0.3, 0.4) is 0 Å². The number of rotatable bonds is 3. The van der Waals surface area contributed by atoms with Crippen LogP contribution in [0.4, 0.5) is 11.6 Å². The van der Waals surface area contributed by atoms with Gasteiger partial charge in [0.15, 0.2) is 5.65 Å². The van der Waals surface area contributed by atoms with Crippen LogP contribution in [0.1, 0.15) is 17.0 Å². The number of pyridine rings is 1. The molecule has 152 valence electrons. The second kappa shape index (κ2) is 7.40. The van der Waals surface area contributed by atoms with Gasteiger partial charge in [-0.1, -0.05) is 18.2 Å². The number of piperazine rings is 1. The molecule has 0 radical (unpaired) electrons. The van der Waals surface area contributed by atoms with Gasteiger partial charge in [0.25, 0.3) is 0 Å².